The van der Waals surface area contributed by atoms with E-state index in [1.54, 1.807) is 7.11 Å². The fourth-order valence-corrected chi connectivity index (χ4v) is 3.48. The van der Waals surface area contributed by atoms with Crippen molar-refractivity contribution in [1.82, 2.24) is 0 Å². The second-order valence-corrected chi connectivity index (χ2v) is 5.49. The lowest BCUT2D eigenvalue weighted by molar-refractivity contribution is -0.114. The maximum absolute atomic E-state index is 6.33. The Balaban J connectivity index is 1.96. The van der Waals surface area contributed by atoms with Crippen LogP contribution in [0.1, 0.15) is 43.7 Å². The third-order valence-corrected chi connectivity index (χ3v) is 4.38. The van der Waals surface area contributed by atoms with Gasteiger partial charge in [-0.15, -0.1) is 0 Å². The molecule has 1 aliphatic carbocycles. The van der Waals surface area contributed by atoms with E-state index < -0.39 is 0 Å². The van der Waals surface area contributed by atoms with Crippen LogP contribution in [0, 0.1) is 0 Å². The van der Waals surface area contributed by atoms with E-state index in [0.717, 1.165) is 30.6 Å². The first-order valence-corrected chi connectivity index (χ1v) is 6.81. The summed E-state index contributed by atoms with van der Waals surface area (Å²) in [7, 11) is 1.78. The van der Waals surface area contributed by atoms with Crippen molar-refractivity contribution < 1.29 is 9.47 Å². The average molecular weight is 247 g/mol. The highest BCUT2D eigenvalue weighted by Crippen LogP contribution is 2.46. The van der Waals surface area contributed by atoms with Crippen LogP contribution in [-0.2, 0) is 4.74 Å². The number of para-hydroxylation sites is 1. The molecule has 1 saturated carbocycles. The van der Waals surface area contributed by atoms with Crippen molar-refractivity contribution in [2.24, 2.45) is 5.73 Å². The van der Waals surface area contributed by atoms with E-state index in [0.29, 0.717) is 0 Å². The Kier molecular flexibility index (Phi) is 3.04. The van der Waals surface area contributed by atoms with Crippen molar-refractivity contribution >= 4 is 0 Å². The van der Waals surface area contributed by atoms with Crippen molar-refractivity contribution in [3.05, 3.63) is 29.8 Å². The molecule has 0 saturated heterocycles. The Morgan fingerprint density at radius 3 is 3.00 bits per heavy atom. The summed E-state index contributed by atoms with van der Waals surface area (Å²) >= 11 is 0. The molecule has 1 aromatic carbocycles. The van der Waals surface area contributed by atoms with E-state index >= 15 is 0 Å². The molecule has 1 fully saturated rings. The molecular weight excluding hydrogens is 226 g/mol. The number of methoxy groups -OCH3 is 1. The molecule has 1 aromatic rings. The normalized spacial score (nSPS) is 35.0. The Bertz CT molecular complexity index is 434. The van der Waals surface area contributed by atoms with Crippen LogP contribution in [0.25, 0.3) is 0 Å². The number of benzene rings is 1. The van der Waals surface area contributed by atoms with Gasteiger partial charge in [0, 0.05) is 25.1 Å². The van der Waals surface area contributed by atoms with Crippen LogP contribution in [0.15, 0.2) is 24.3 Å². The Morgan fingerprint density at radius 1 is 1.33 bits per heavy atom. The topological polar surface area (TPSA) is 44.5 Å². The highest BCUT2D eigenvalue weighted by molar-refractivity contribution is 5.39. The lowest BCUT2D eigenvalue weighted by Gasteiger charge is -2.47. The minimum atomic E-state index is -0.208. The molecule has 0 radical (unpaired) electrons. The highest BCUT2D eigenvalue weighted by Gasteiger charge is 2.47. The van der Waals surface area contributed by atoms with Crippen molar-refractivity contribution in [2.75, 3.05) is 7.11 Å². The Morgan fingerprint density at radius 2 is 2.17 bits per heavy atom. The summed E-state index contributed by atoms with van der Waals surface area (Å²) in [6.45, 7) is 0. The number of hydrogen-bond donors (Lipinski definition) is 1. The zero-order valence-corrected chi connectivity index (χ0v) is 10.9. The van der Waals surface area contributed by atoms with Crippen LogP contribution in [0.3, 0.4) is 0 Å². The van der Waals surface area contributed by atoms with Gasteiger partial charge in [-0.25, -0.2) is 0 Å². The molecule has 3 rings (SSSR count). The van der Waals surface area contributed by atoms with Crippen LogP contribution >= 0.6 is 0 Å². The zero-order chi connectivity index (χ0) is 12.6. The van der Waals surface area contributed by atoms with E-state index in [4.69, 9.17) is 15.2 Å². The molecule has 2 aliphatic rings. The van der Waals surface area contributed by atoms with Gasteiger partial charge in [-0.3, -0.25) is 0 Å². The standard InChI is InChI=1S/C15H21NO2/c1-17-14-8-4-5-9-15(14)10-12(16)11-6-2-3-7-13(11)18-15/h2-3,6-7,12,14H,4-5,8-10,16H2,1H3. The predicted molar refractivity (Wildman–Crippen MR) is 70.6 cm³/mol. The molecule has 98 valence electrons. The van der Waals surface area contributed by atoms with Gasteiger partial charge in [0.1, 0.15) is 11.4 Å². The summed E-state index contributed by atoms with van der Waals surface area (Å²) in [5, 5.41) is 0. The molecule has 0 bridgehead atoms. The van der Waals surface area contributed by atoms with E-state index in [1.165, 1.54) is 12.8 Å². The van der Waals surface area contributed by atoms with E-state index in [1.807, 2.05) is 18.2 Å². The molecule has 2 N–H and O–H groups in total. The molecule has 3 unspecified atom stereocenters. The van der Waals surface area contributed by atoms with Crippen molar-refractivity contribution in [1.29, 1.82) is 0 Å². The second-order valence-electron chi connectivity index (χ2n) is 5.49. The van der Waals surface area contributed by atoms with Gasteiger partial charge < -0.3 is 15.2 Å². The second kappa shape index (κ2) is 4.56. The third-order valence-electron chi connectivity index (χ3n) is 4.38. The fourth-order valence-electron chi connectivity index (χ4n) is 3.48. The summed E-state index contributed by atoms with van der Waals surface area (Å²) in [5.74, 6) is 0.945. The van der Waals surface area contributed by atoms with Crippen LogP contribution in [0.5, 0.6) is 5.75 Å². The number of nitrogens with two attached hydrogens (primary N) is 1. The lowest BCUT2D eigenvalue weighted by Crippen LogP contribution is -2.54. The molecule has 18 heavy (non-hydrogen) atoms. The monoisotopic (exact) mass is 247 g/mol. The lowest BCUT2D eigenvalue weighted by atomic mass is 9.75. The molecule has 1 spiro atoms. The zero-order valence-electron chi connectivity index (χ0n) is 10.9. The maximum Gasteiger partial charge on any atom is 0.137 e. The minimum Gasteiger partial charge on any atom is -0.484 e. The summed E-state index contributed by atoms with van der Waals surface area (Å²) in [6.07, 6.45) is 5.59. The third kappa shape index (κ3) is 1.82. The molecule has 3 nitrogen and oxygen atoms in total. The van der Waals surface area contributed by atoms with Crippen molar-refractivity contribution in [2.45, 2.75) is 49.9 Å². The first kappa shape index (κ1) is 12.0. The minimum absolute atomic E-state index is 0.0608. The summed E-state index contributed by atoms with van der Waals surface area (Å²) < 4.78 is 12.0. The molecule has 1 aliphatic heterocycles. The van der Waals surface area contributed by atoms with Crippen molar-refractivity contribution in [3.8, 4) is 5.75 Å². The fraction of sp³-hybridized carbons (Fsp3) is 0.600. The number of ether oxygens (including phenoxy) is 2. The first-order valence-electron chi connectivity index (χ1n) is 6.81. The predicted octanol–water partition coefficient (Wildman–Crippen LogP) is 2.80. The molecule has 3 heteroatoms. The van der Waals surface area contributed by atoms with E-state index in [-0.39, 0.29) is 17.7 Å². The maximum atomic E-state index is 6.33. The Labute approximate surface area is 108 Å². The molecule has 3 atom stereocenters. The van der Waals surface area contributed by atoms with Crippen LogP contribution in [-0.4, -0.2) is 18.8 Å². The van der Waals surface area contributed by atoms with E-state index in [9.17, 15) is 0 Å². The van der Waals surface area contributed by atoms with Crippen molar-refractivity contribution in [3.63, 3.8) is 0 Å². The Hall–Kier alpha value is -1.06. The average Bonchev–Trinajstić information content (AvgIpc) is 2.39. The summed E-state index contributed by atoms with van der Waals surface area (Å²) in [4.78, 5) is 0. The van der Waals surface area contributed by atoms with Gasteiger partial charge in [0.2, 0.25) is 0 Å². The first-order chi connectivity index (χ1) is 8.75. The molecule has 1 heterocycles. The number of fused-ring (bicyclic) bond motifs is 1. The van der Waals surface area contributed by atoms with Gasteiger partial charge >= 0.3 is 0 Å². The van der Waals surface area contributed by atoms with E-state index in [2.05, 4.69) is 6.07 Å². The van der Waals surface area contributed by atoms with Crippen LogP contribution in [0.4, 0.5) is 0 Å². The SMILES string of the molecule is COC1CCCCC12CC(N)c1ccccc1O2. The van der Waals surface area contributed by atoms with Gasteiger partial charge in [-0.05, 0) is 25.3 Å². The van der Waals surface area contributed by atoms with Gasteiger partial charge in [0.25, 0.3) is 0 Å². The quantitative estimate of drug-likeness (QED) is 0.830. The van der Waals surface area contributed by atoms with Crippen LogP contribution < -0.4 is 10.5 Å². The molecule has 0 aromatic heterocycles. The van der Waals surface area contributed by atoms with Gasteiger partial charge in [0.05, 0.1) is 6.10 Å². The number of rotatable bonds is 1. The molecule has 0 amide bonds. The van der Waals surface area contributed by atoms with Gasteiger partial charge in [-0.2, -0.15) is 0 Å². The summed E-state index contributed by atoms with van der Waals surface area (Å²) in [5.41, 5.74) is 7.25. The van der Waals surface area contributed by atoms with Gasteiger partial charge in [0.15, 0.2) is 0 Å². The van der Waals surface area contributed by atoms with Crippen LogP contribution in [0.2, 0.25) is 0 Å². The smallest absolute Gasteiger partial charge is 0.137 e. The van der Waals surface area contributed by atoms with Gasteiger partial charge in [-0.1, -0.05) is 24.6 Å². The largest absolute Gasteiger partial charge is 0.484 e. The number of hydrogen-bond acceptors (Lipinski definition) is 3. The highest BCUT2D eigenvalue weighted by atomic mass is 16.5. The molecular formula is C15H21NO2. The summed E-state index contributed by atoms with van der Waals surface area (Å²) in [6, 6.07) is 8.18.